The minimum Gasteiger partial charge on any atom is -0.478 e. The molecule has 1 N–H and O–H groups in total. The number of aromatic carboxylic acids is 1. The number of hydrogen-bond donors (Lipinski definition) is 1. The molecule has 2 rings (SSSR count). The Balaban J connectivity index is 2.39. The lowest BCUT2D eigenvalue weighted by Gasteiger charge is -2.15. The van der Waals surface area contributed by atoms with Gasteiger partial charge >= 0.3 is 5.97 Å². The van der Waals surface area contributed by atoms with Crippen LogP contribution in [0.1, 0.15) is 17.3 Å². The highest BCUT2D eigenvalue weighted by molar-refractivity contribution is 6.03. The second-order valence-electron chi connectivity index (χ2n) is 4.40. The molecule has 0 aliphatic heterocycles. The van der Waals surface area contributed by atoms with Crippen LogP contribution in [0.5, 0.6) is 0 Å². The Kier molecular flexibility index (Phi) is 3.55. The van der Waals surface area contributed by atoms with Crippen LogP contribution in [-0.2, 0) is 11.3 Å². The topological polar surface area (TPSA) is 62.5 Å². The Morgan fingerprint density at radius 2 is 2.05 bits per heavy atom. The highest BCUT2D eigenvalue weighted by atomic mass is 16.4. The summed E-state index contributed by atoms with van der Waals surface area (Å²) in [4.78, 5) is 24.6. The van der Waals surface area contributed by atoms with Gasteiger partial charge in [-0.1, -0.05) is 6.07 Å². The molecule has 0 bridgehead atoms. The summed E-state index contributed by atoms with van der Waals surface area (Å²) in [6.07, 6.45) is 1.75. The Labute approximate surface area is 111 Å². The van der Waals surface area contributed by atoms with E-state index in [0.717, 1.165) is 5.52 Å². The number of carbonyl (C=O) groups is 2. The molecule has 1 amide bonds. The zero-order valence-corrected chi connectivity index (χ0v) is 11.0. The molecule has 100 valence electrons. The van der Waals surface area contributed by atoms with Crippen LogP contribution in [0.2, 0.25) is 0 Å². The molecule has 19 heavy (non-hydrogen) atoms. The van der Waals surface area contributed by atoms with Gasteiger partial charge in [-0.3, -0.25) is 4.79 Å². The number of benzene rings is 1. The first kappa shape index (κ1) is 13.1. The van der Waals surface area contributed by atoms with E-state index in [0.29, 0.717) is 11.9 Å². The van der Waals surface area contributed by atoms with Crippen molar-refractivity contribution in [2.24, 2.45) is 0 Å². The van der Waals surface area contributed by atoms with Crippen molar-refractivity contribution in [1.29, 1.82) is 0 Å². The van der Waals surface area contributed by atoms with E-state index >= 15 is 0 Å². The molecule has 0 saturated heterocycles. The summed E-state index contributed by atoms with van der Waals surface area (Å²) in [5.74, 6) is -0.957. The Morgan fingerprint density at radius 1 is 1.32 bits per heavy atom. The van der Waals surface area contributed by atoms with Gasteiger partial charge in [0.05, 0.1) is 5.56 Å². The molecule has 0 saturated carbocycles. The molecule has 1 aromatic carbocycles. The standard InChI is InChI=1S/C14H16N2O3/c1-3-15(2)13(17)9-16-8-7-10-11(14(18)19)5-4-6-12(10)16/h4-8H,3,9H2,1-2H3,(H,18,19). The van der Waals surface area contributed by atoms with Gasteiger partial charge in [0.1, 0.15) is 6.54 Å². The number of likely N-dealkylation sites (N-methyl/N-ethyl adjacent to an activating group) is 1. The third-order valence-electron chi connectivity index (χ3n) is 3.25. The van der Waals surface area contributed by atoms with Crippen molar-refractivity contribution in [3.63, 3.8) is 0 Å². The monoisotopic (exact) mass is 260 g/mol. The van der Waals surface area contributed by atoms with Crippen LogP contribution in [0.15, 0.2) is 30.5 Å². The summed E-state index contributed by atoms with van der Waals surface area (Å²) in [5.41, 5.74) is 1.02. The maximum atomic E-state index is 11.9. The summed E-state index contributed by atoms with van der Waals surface area (Å²) >= 11 is 0. The van der Waals surface area contributed by atoms with Crippen molar-refractivity contribution in [1.82, 2.24) is 9.47 Å². The summed E-state index contributed by atoms with van der Waals surface area (Å²) in [6, 6.07) is 6.81. The molecule has 0 radical (unpaired) electrons. The zero-order valence-electron chi connectivity index (χ0n) is 11.0. The molecule has 0 aliphatic rings. The number of carboxylic acid groups (broad SMARTS) is 1. The quantitative estimate of drug-likeness (QED) is 0.912. The van der Waals surface area contributed by atoms with Crippen LogP contribution in [0, 0.1) is 0 Å². The predicted molar refractivity (Wildman–Crippen MR) is 72.2 cm³/mol. The number of carbonyl (C=O) groups excluding carboxylic acids is 1. The van der Waals surface area contributed by atoms with E-state index in [2.05, 4.69) is 0 Å². The van der Waals surface area contributed by atoms with Crippen LogP contribution in [-0.4, -0.2) is 40.0 Å². The van der Waals surface area contributed by atoms with Crippen LogP contribution in [0.3, 0.4) is 0 Å². The molecule has 2 aromatic rings. The van der Waals surface area contributed by atoms with Gasteiger partial charge in [0, 0.05) is 30.7 Å². The Morgan fingerprint density at radius 3 is 2.68 bits per heavy atom. The van der Waals surface area contributed by atoms with Crippen molar-refractivity contribution in [2.45, 2.75) is 13.5 Å². The molecule has 0 aliphatic carbocycles. The van der Waals surface area contributed by atoms with Gasteiger partial charge < -0.3 is 14.6 Å². The third-order valence-corrected chi connectivity index (χ3v) is 3.25. The first-order valence-electron chi connectivity index (χ1n) is 6.09. The van der Waals surface area contributed by atoms with Gasteiger partial charge in [-0.2, -0.15) is 0 Å². The van der Waals surface area contributed by atoms with Gasteiger partial charge in [0.2, 0.25) is 5.91 Å². The molecule has 0 atom stereocenters. The van der Waals surface area contributed by atoms with E-state index in [1.165, 1.54) is 0 Å². The molecule has 5 heteroatoms. The van der Waals surface area contributed by atoms with Gasteiger partial charge in [0.25, 0.3) is 0 Å². The van der Waals surface area contributed by atoms with Crippen LogP contribution in [0.25, 0.3) is 10.9 Å². The Bertz CT molecular complexity index is 631. The molecule has 5 nitrogen and oxygen atoms in total. The Hall–Kier alpha value is -2.30. The van der Waals surface area contributed by atoms with E-state index in [-0.39, 0.29) is 18.0 Å². The van der Waals surface area contributed by atoms with E-state index in [1.807, 2.05) is 13.0 Å². The first-order valence-corrected chi connectivity index (χ1v) is 6.09. The molecule has 0 unspecified atom stereocenters. The second-order valence-corrected chi connectivity index (χ2v) is 4.40. The van der Waals surface area contributed by atoms with Crippen LogP contribution in [0.4, 0.5) is 0 Å². The molecule has 1 aromatic heterocycles. The molecule has 1 heterocycles. The van der Waals surface area contributed by atoms with E-state index in [1.54, 1.807) is 40.9 Å². The largest absolute Gasteiger partial charge is 0.478 e. The number of rotatable bonds is 4. The SMILES string of the molecule is CCN(C)C(=O)Cn1ccc2c(C(=O)O)cccc21. The summed E-state index contributed by atoms with van der Waals surface area (Å²) in [7, 11) is 1.75. The second kappa shape index (κ2) is 5.14. The average molecular weight is 260 g/mol. The fourth-order valence-electron chi connectivity index (χ4n) is 1.99. The van der Waals surface area contributed by atoms with Crippen molar-refractivity contribution in [3.05, 3.63) is 36.0 Å². The maximum Gasteiger partial charge on any atom is 0.336 e. The summed E-state index contributed by atoms with van der Waals surface area (Å²) < 4.78 is 1.77. The van der Waals surface area contributed by atoms with Crippen molar-refractivity contribution in [3.8, 4) is 0 Å². The van der Waals surface area contributed by atoms with Crippen molar-refractivity contribution in [2.75, 3.05) is 13.6 Å². The highest BCUT2D eigenvalue weighted by Crippen LogP contribution is 2.20. The number of hydrogen-bond acceptors (Lipinski definition) is 2. The lowest BCUT2D eigenvalue weighted by atomic mass is 10.1. The van der Waals surface area contributed by atoms with Gasteiger partial charge in [-0.25, -0.2) is 4.79 Å². The highest BCUT2D eigenvalue weighted by Gasteiger charge is 2.13. The van der Waals surface area contributed by atoms with Crippen molar-refractivity contribution >= 4 is 22.8 Å². The molecule has 0 fully saturated rings. The lowest BCUT2D eigenvalue weighted by Crippen LogP contribution is -2.29. The smallest absolute Gasteiger partial charge is 0.336 e. The van der Waals surface area contributed by atoms with Gasteiger partial charge in [0.15, 0.2) is 0 Å². The number of fused-ring (bicyclic) bond motifs is 1. The number of aromatic nitrogens is 1. The maximum absolute atomic E-state index is 11.9. The first-order chi connectivity index (χ1) is 9.04. The zero-order chi connectivity index (χ0) is 14.0. The van der Waals surface area contributed by atoms with Crippen LogP contribution >= 0.6 is 0 Å². The number of amides is 1. The summed E-state index contributed by atoms with van der Waals surface area (Å²) in [6.45, 7) is 2.78. The van der Waals surface area contributed by atoms with E-state index in [9.17, 15) is 9.59 Å². The fraction of sp³-hybridized carbons (Fsp3) is 0.286. The van der Waals surface area contributed by atoms with Gasteiger partial charge in [-0.15, -0.1) is 0 Å². The fourth-order valence-corrected chi connectivity index (χ4v) is 1.99. The van der Waals surface area contributed by atoms with E-state index < -0.39 is 5.97 Å². The number of carboxylic acids is 1. The molecular formula is C14H16N2O3. The predicted octanol–water partition coefficient (Wildman–Crippen LogP) is 1.82. The molecular weight excluding hydrogens is 244 g/mol. The van der Waals surface area contributed by atoms with E-state index in [4.69, 9.17) is 5.11 Å². The average Bonchev–Trinajstić information content (AvgIpc) is 2.80. The minimum absolute atomic E-state index is 0.000674. The third kappa shape index (κ3) is 2.45. The van der Waals surface area contributed by atoms with Crippen LogP contribution < -0.4 is 0 Å². The normalized spacial score (nSPS) is 10.6. The van der Waals surface area contributed by atoms with Gasteiger partial charge in [-0.05, 0) is 25.1 Å². The van der Waals surface area contributed by atoms with Crippen molar-refractivity contribution < 1.29 is 14.7 Å². The lowest BCUT2D eigenvalue weighted by molar-refractivity contribution is -0.130. The molecule has 0 spiro atoms. The summed E-state index contributed by atoms with van der Waals surface area (Å²) in [5, 5.41) is 9.77. The number of nitrogens with zero attached hydrogens (tertiary/aromatic N) is 2. The minimum atomic E-state index is -0.958.